The summed E-state index contributed by atoms with van der Waals surface area (Å²) in [5, 5.41) is 11.4. The molecule has 7 nitrogen and oxygen atoms in total. The van der Waals surface area contributed by atoms with Crippen molar-refractivity contribution in [3.05, 3.63) is 106 Å². The number of ketones is 1. The molecule has 1 atom stereocenters. The van der Waals surface area contributed by atoms with Gasteiger partial charge in [0.25, 0.3) is 11.7 Å². The van der Waals surface area contributed by atoms with Crippen LogP contribution in [-0.2, 0) is 20.9 Å². The highest BCUT2D eigenvalue weighted by Gasteiger charge is 2.46. The Morgan fingerprint density at radius 2 is 1.67 bits per heavy atom. The number of aryl methyl sites for hydroxylation is 2. The normalized spacial score (nSPS) is 16.8. The number of hydrogen-bond acceptors (Lipinski definition) is 6. The lowest BCUT2D eigenvalue weighted by atomic mass is 9.92. The van der Waals surface area contributed by atoms with Crippen LogP contribution in [0.4, 0.5) is 0 Å². The summed E-state index contributed by atoms with van der Waals surface area (Å²) in [7, 11) is 2.79. The van der Waals surface area contributed by atoms with Crippen molar-refractivity contribution in [1.29, 1.82) is 0 Å². The Balaban J connectivity index is 1.86. The molecule has 1 fully saturated rings. The summed E-state index contributed by atoms with van der Waals surface area (Å²) in [4.78, 5) is 39.9. The Morgan fingerprint density at radius 1 is 0.972 bits per heavy atom. The van der Waals surface area contributed by atoms with Crippen molar-refractivity contribution in [3.8, 4) is 5.75 Å². The molecule has 3 aromatic carbocycles. The number of methoxy groups -OCH3 is 2. The van der Waals surface area contributed by atoms with Gasteiger partial charge in [-0.05, 0) is 54.8 Å². The van der Waals surface area contributed by atoms with Crippen molar-refractivity contribution in [2.24, 2.45) is 0 Å². The lowest BCUT2D eigenvalue weighted by Crippen LogP contribution is -2.29. The first kappa shape index (κ1) is 24.7. The molecule has 184 valence electrons. The van der Waals surface area contributed by atoms with Crippen LogP contribution >= 0.6 is 0 Å². The molecular weight excluding hydrogens is 458 g/mol. The summed E-state index contributed by atoms with van der Waals surface area (Å²) < 4.78 is 10.2. The number of carbonyl (C=O) groups excluding carboxylic acids is 3. The summed E-state index contributed by atoms with van der Waals surface area (Å²) in [6.45, 7) is 3.87. The van der Waals surface area contributed by atoms with Crippen LogP contribution < -0.4 is 4.74 Å². The third-order valence-electron chi connectivity index (χ3n) is 6.36. The second-order valence-corrected chi connectivity index (χ2v) is 8.68. The van der Waals surface area contributed by atoms with E-state index in [1.165, 1.54) is 19.1 Å². The molecule has 7 heteroatoms. The number of esters is 1. The van der Waals surface area contributed by atoms with E-state index in [0.717, 1.165) is 22.3 Å². The molecule has 0 aliphatic carbocycles. The maximum atomic E-state index is 13.4. The van der Waals surface area contributed by atoms with Gasteiger partial charge in [-0.3, -0.25) is 9.59 Å². The molecule has 36 heavy (non-hydrogen) atoms. The standard InChI is InChI=1S/C29H27NO6/c1-17-9-14-23(35-3)22(15-17)26(31)24-25(21-8-6-5-7-18(21)2)30(28(33)27(24)32)16-19-10-12-20(13-11-19)29(34)36-4/h5-15,25,31H,16H2,1-4H3/b26-24+. The van der Waals surface area contributed by atoms with Gasteiger partial charge in [-0.25, -0.2) is 4.79 Å². The second-order valence-electron chi connectivity index (χ2n) is 8.68. The number of carbonyl (C=O) groups is 3. The molecule has 1 aliphatic rings. The van der Waals surface area contributed by atoms with E-state index in [4.69, 9.17) is 9.47 Å². The van der Waals surface area contributed by atoms with Crippen LogP contribution in [0.3, 0.4) is 0 Å². The number of rotatable bonds is 6. The van der Waals surface area contributed by atoms with E-state index in [1.807, 2.05) is 44.2 Å². The van der Waals surface area contributed by atoms with Gasteiger partial charge in [0.15, 0.2) is 0 Å². The topological polar surface area (TPSA) is 93.1 Å². The first-order valence-corrected chi connectivity index (χ1v) is 11.4. The smallest absolute Gasteiger partial charge is 0.337 e. The Kier molecular flexibility index (Phi) is 6.92. The molecule has 1 heterocycles. The summed E-state index contributed by atoms with van der Waals surface area (Å²) in [6.07, 6.45) is 0. The number of ether oxygens (including phenoxy) is 2. The van der Waals surface area contributed by atoms with E-state index in [9.17, 15) is 19.5 Å². The van der Waals surface area contributed by atoms with E-state index in [1.54, 1.807) is 36.4 Å². The Morgan fingerprint density at radius 3 is 2.31 bits per heavy atom. The summed E-state index contributed by atoms with van der Waals surface area (Å²) in [5.74, 6) is -1.84. The van der Waals surface area contributed by atoms with Gasteiger partial charge in [-0.2, -0.15) is 0 Å². The fraction of sp³-hybridized carbons (Fsp3) is 0.207. The molecule has 1 saturated heterocycles. The second kappa shape index (κ2) is 10.1. The molecule has 1 unspecified atom stereocenters. The molecule has 1 amide bonds. The number of aliphatic hydroxyl groups excluding tert-OH is 1. The first-order chi connectivity index (χ1) is 17.3. The van der Waals surface area contributed by atoms with Crippen LogP contribution in [0.15, 0.2) is 72.3 Å². The van der Waals surface area contributed by atoms with Gasteiger partial charge < -0.3 is 19.5 Å². The highest BCUT2D eigenvalue weighted by Crippen LogP contribution is 2.42. The summed E-state index contributed by atoms with van der Waals surface area (Å²) in [5.41, 5.74) is 3.92. The van der Waals surface area contributed by atoms with Gasteiger partial charge in [-0.1, -0.05) is 48.0 Å². The van der Waals surface area contributed by atoms with E-state index < -0.39 is 23.7 Å². The van der Waals surface area contributed by atoms with Crippen molar-refractivity contribution < 1.29 is 29.0 Å². The fourth-order valence-corrected chi connectivity index (χ4v) is 4.47. The third-order valence-corrected chi connectivity index (χ3v) is 6.36. The number of amides is 1. The lowest BCUT2D eigenvalue weighted by Gasteiger charge is -2.27. The zero-order valence-electron chi connectivity index (χ0n) is 20.6. The van der Waals surface area contributed by atoms with E-state index >= 15 is 0 Å². The minimum Gasteiger partial charge on any atom is -0.507 e. The van der Waals surface area contributed by atoms with Gasteiger partial charge in [-0.15, -0.1) is 0 Å². The Hall–Kier alpha value is -4.39. The third kappa shape index (κ3) is 4.47. The fourth-order valence-electron chi connectivity index (χ4n) is 4.47. The highest BCUT2D eigenvalue weighted by atomic mass is 16.5. The lowest BCUT2D eigenvalue weighted by molar-refractivity contribution is -0.140. The molecule has 0 spiro atoms. The highest BCUT2D eigenvalue weighted by molar-refractivity contribution is 6.46. The first-order valence-electron chi connectivity index (χ1n) is 11.4. The van der Waals surface area contributed by atoms with Crippen LogP contribution in [0.5, 0.6) is 5.75 Å². The van der Waals surface area contributed by atoms with Crippen LogP contribution in [-0.4, -0.2) is 41.9 Å². The number of nitrogens with zero attached hydrogens (tertiary/aromatic N) is 1. The molecule has 1 N–H and O–H groups in total. The average molecular weight is 486 g/mol. The van der Waals surface area contributed by atoms with Gasteiger partial charge in [0.1, 0.15) is 11.5 Å². The van der Waals surface area contributed by atoms with Gasteiger partial charge in [0.2, 0.25) is 0 Å². The predicted octanol–water partition coefficient (Wildman–Crippen LogP) is 4.72. The van der Waals surface area contributed by atoms with Crippen molar-refractivity contribution in [3.63, 3.8) is 0 Å². The number of benzene rings is 3. The number of Topliss-reactive ketones (excluding diaryl/α,β-unsaturated/α-hetero) is 1. The maximum absolute atomic E-state index is 13.4. The van der Waals surface area contributed by atoms with E-state index in [-0.39, 0.29) is 17.9 Å². The molecule has 4 rings (SSSR count). The zero-order valence-corrected chi connectivity index (χ0v) is 20.6. The molecule has 0 bridgehead atoms. The average Bonchev–Trinajstić information content (AvgIpc) is 3.13. The van der Waals surface area contributed by atoms with Crippen molar-refractivity contribution in [2.75, 3.05) is 14.2 Å². The molecule has 0 aromatic heterocycles. The quantitative estimate of drug-likeness (QED) is 0.235. The van der Waals surface area contributed by atoms with E-state index in [2.05, 4.69) is 0 Å². The monoisotopic (exact) mass is 485 g/mol. The summed E-state index contributed by atoms with van der Waals surface area (Å²) >= 11 is 0. The molecule has 3 aromatic rings. The SMILES string of the molecule is COC(=O)c1ccc(CN2C(=O)C(=O)/C(=C(/O)c3cc(C)ccc3OC)C2c2ccccc2C)cc1. The summed E-state index contributed by atoms with van der Waals surface area (Å²) in [6, 6.07) is 18.6. The minimum atomic E-state index is -0.809. The molecular formula is C29H27NO6. The zero-order chi connectivity index (χ0) is 26.0. The maximum Gasteiger partial charge on any atom is 0.337 e. The van der Waals surface area contributed by atoms with Crippen LogP contribution in [0.1, 0.15) is 44.2 Å². The molecule has 0 radical (unpaired) electrons. The number of likely N-dealkylation sites (tertiary alicyclic amines) is 1. The van der Waals surface area contributed by atoms with Crippen LogP contribution in [0.2, 0.25) is 0 Å². The van der Waals surface area contributed by atoms with Crippen molar-refractivity contribution >= 4 is 23.4 Å². The number of hydrogen-bond donors (Lipinski definition) is 1. The van der Waals surface area contributed by atoms with Gasteiger partial charge in [0, 0.05) is 6.54 Å². The molecule has 0 saturated carbocycles. The minimum absolute atomic E-state index is 0.00406. The van der Waals surface area contributed by atoms with Gasteiger partial charge >= 0.3 is 5.97 Å². The Bertz CT molecular complexity index is 1370. The largest absolute Gasteiger partial charge is 0.507 e. The van der Waals surface area contributed by atoms with Crippen molar-refractivity contribution in [1.82, 2.24) is 4.90 Å². The van der Waals surface area contributed by atoms with Crippen molar-refractivity contribution in [2.45, 2.75) is 26.4 Å². The Labute approximate surface area is 209 Å². The van der Waals surface area contributed by atoms with Gasteiger partial charge in [0.05, 0.1) is 37.0 Å². The number of aliphatic hydroxyl groups is 1. The van der Waals surface area contributed by atoms with E-state index in [0.29, 0.717) is 16.9 Å². The predicted molar refractivity (Wildman–Crippen MR) is 135 cm³/mol. The van der Waals surface area contributed by atoms with Crippen LogP contribution in [0.25, 0.3) is 5.76 Å². The molecule has 1 aliphatic heterocycles. The van der Waals surface area contributed by atoms with Crippen LogP contribution in [0, 0.1) is 13.8 Å².